The van der Waals surface area contributed by atoms with Crippen LogP contribution in [0.4, 0.5) is 0 Å². The SMILES string of the molecule is CC(=Cc1cccc(Oc2ccccc2)c1)CNC1CC1. The van der Waals surface area contributed by atoms with Crippen molar-refractivity contribution in [1.82, 2.24) is 5.32 Å². The third kappa shape index (κ3) is 4.47. The van der Waals surface area contributed by atoms with E-state index in [-0.39, 0.29) is 0 Å². The third-order valence-corrected chi connectivity index (χ3v) is 3.50. The number of nitrogens with one attached hydrogen (secondary N) is 1. The van der Waals surface area contributed by atoms with Gasteiger partial charge < -0.3 is 10.1 Å². The number of hydrogen-bond donors (Lipinski definition) is 1. The second-order valence-electron chi connectivity index (χ2n) is 5.63. The quantitative estimate of drug-likeness (QED) is 0.832. The van der Waals surface area contributed by atoms with Crippen LogP contribution in [0.25, 0.3) is 6.08 Å². The van der Waals surface area contributed by atoms with Crippen molar-refractivity contribution < 1.29 is 4.74 Å². The van der Waals surface area contributed by atoms with E-state index < -0.39 is 0 Å². The van der Waals surface area contributed by atoms with Crippen LogP contribution in [0, 0.1) is 0 Å². The minimum Gasteiger partial charge on any atom is -0.457 e. The molecule has 108 valence electrons. The summed E-state index contributed by atoms with van der Waals surface area (Å²) < 4.78 is 5.86. The Kier molecular flexibility index (Phi) is 4.37. The number of rotatable bonds is 6. The van der Waals surface area contributed by atoms with Crippen molar-refractivity contribution in [3.8, 4) is 11.5 Å². The van der Waals surface area contributed by atoms with Crippen molar-refractivity contribution in [2.24, 2.45) is 0 Å². The predicted octanol–water partition coefficient (Wildman–Crippen LogP) is 4.63. The number of benzene rings is 2. The fourth-order valence-electron chi connectivity index (χ4n) is 2.22. The first kappa shape index (κ1) is 13.9. The first-order chi connectivity index (χ1) is 10.3. The van der Waals surface area contributed by atoms with Gasteiger partial charge in [-0.25, -0.2) is 0 Å². The van der Waals surface area contributed by atoms with E-state index in [1.54, 1.807) is 0 Å². The van der Waals surface area contributed by atoms with Crippen LogP contribution in [0.2, 0.25) is 0 Å². The Morgan fingerprint density at radius 1 is 1.10 bits per heavy atom. The second kappa shape index (κ2) is 6.59. The van der Waals surface area contributed by atoms with Crippen LogP contribution < -0.4 is 10.1 Å². The highest BCUT2D eigenvalue weighted by atomic mass is 16.5. The summed E-state index contributed by atoms with van der Waals surface area (Å²) in [6.45, 7) is 3.13. The molecule has 1 N–H and O–H groups in total. The summed E-state index contributed by atoms with van der Waals surface area (Å²) in [5, 5.41) is 3.53. The average molecular weight is 279 g/mol. The molecule has 2 aromatic carbocycles. The fraction of sp³-hybridized carbons (Fsp3) is 0.263. The lowest BCUT2D eigenvalue weighted by atomic mass is 10.1. The molecule has 0 amide bonds. The Morgan fingerprint density at radius 3 is 2.62 bits per heavy atom. The van der Waals surface area contributed by atoms with Crippen LogP contribution in [-0.4, -0.2) is 12.6 Å². The van der Waals surface area contributed by atoms with Crippen LogP contribution in [0.15, 0.2) is 60.2 Å². The van der Waals surface area contributed by atoms with Gasteiger partial charge in [0.15, 0.2) is 0 Å². The van der Waals surface area contributed by atoms with E-state index in [1.807, 2.05) is 42.5 Å². The Balaban J connectivity index is 1.65. The molecule has 2 aromatic rings. The van der Waals surface area contributed by atoms with Crippen molar-refractivity contribution in [1.29, 1.82) is 0 Å². The van der Waals surface area contributed by atoms with Crippen molar-refractivity contribution >= 4 is 6.08 Å². The molecule has 2 nitrogen and oxygen atoms in total. The molecule has 1 aliphatic carbocycles. The van der Waals surface area contributed by atoms with Gasteiger partial charge in [0.1, 0.15) is 11.5 Å². The summed E-state index contributed by atoms with van der Waals surface area (Å²) in [6.07, 6.45) is 4.87. The Bertz CT molecular complexity index is 614. The predicted molar refractivity (Wildman–Crippen MR) is 87.6 cm³/mol. The number of ether oxygens (including phenoxy) is 1. The van der Waals surface area contributed by atoms with Crippen LogP contribution >= 0.6 is 0 Å². The van der Waals surface area contributed by atoms with E-state index in [1.165, 1.54) is 24.0 Å². The summed E-state index contributed by atoms with van der Waals surface area (Å²) >= 11 is 0. The lowest BCUT2D eigenvalue weighted by Gasteiger charge is -2.07. The van der Waals surface area contributed by atoms with Crippen LogP contribution in [0.1, 0.15) is 25.3 Å². The largest absolute Gasteiger partial charge is 0.457 e. The highest BCUT2D eigenvalue weighted by Gasteiger charge is 2.19. The molecule has 0 aliphatic heterocycles. The molecule has 0 heterocycles. The molecular formula is C19H21NO. The summed E-state index contributed by atoms with van der Waals surface area (Å²) in [7, 11) is 0. The molecule has 0 bridgehead atoms. The third-order valence-electron chi connectivity index (χ3n) is 3.50. The summed E-state index contributed by atoms with van der Waals surface area (Å²) in [4.78, 5) is 0. The minimum absolute atomic E-state index is 0.751. The second-order valence-corrected chi connectivity index (χ2v) is 5.63. The van der Waals surface area contributed by atoms with Crippen LogP contribution in [0.3, 0.4) is 0 Å². The maximum absolute atomic E-state index is 5.86. The van der Waals surface area contributed by atoms with Crippen LogP contribution in [-0.2, 0) is 0 Å². The first-order valence-electron chi connectivity index (χ1n) is 7.53. The molecule has 0 spiro atoms. The van der Waals surface area contributed by atoms with Gasteiger partial charge >= 0.3 is 0 Å². The molecule has 1 saturated carbocycles. The molecule has 0 atom stereocenters. The standard InChI is InChI=1S/C19H21NO/c1-15(14-20-17-10-11-17)12-16-6-5-9-19(13-16)21-18-7-3-2-4-8-18/h2-9,12-13,17,20H,10-11,14H2,1H3. The Labute approximate surface area is 126 Å². The fourth-order valence-corrected chi connectivity index (χ4v) is 2.22. The van der Waals surface area contributed by atoms with Gasteiger partial charge in [-0.15, -0.1) is 0 Å². The van der Waals surface area contributed by atoms with E-state index in [0.717, 1.165) is 24.1 Å². The van der Waals surface area contributed by atoms with Crippen molar-refractivity contribution in [2.75, 3.05) is 6.54 Å². The molecule has 1 fully saturated rings. The summed E-state index contributed by atoms with van der Waals surface area (Å²) in [6, 6.07) is 18.8. The van der Waals surface area contributed by atoms with Crippen LogP contribution in [0.5, 0.6) is 11.5 Å². The molecule has 0 saturated heterocycles. The molecule has 0 aromatic heterocycles. The lowest BCUT2D eigenvalue weighted by molar-refractivity contribution is 0.482. The van der Waals surface area contributed by atoms with Crippen molar-refractivity contribution in [2.45, 2.75) is 25.8 Å². The monoisotopic (exact) mass is 279 g/mol. The van der Waals surface area contributed by atoms with Gasteiger partial charge in [0.25, 0.3) is 0 Å². The van der Waals surface area contributed by atoms with Gasteiger partial charge in [0.05, 0.1) is 0 Å². The smallest absolute Gasteiger partial charge is 0.128 e. The number of hydrogen-bond acceptors (Lipinski definition) is 2. The average Bonchev–Trinajstić information content (AvgIpc) is 3.31. The highest BCUT2D eigenvalue weighted by molar-refractivity contribution is 5.55. The molecule has 1 aliphatic rings. The van der Waals surface area contributed by atoms with Gasteiger partial charge in [0, 0.05) is 12.6 Å². The molecule has 3 rings (SSSR count). The van der Waals surface area contributed by atoms with E-state index in [9.17, 15) is 0 Å². The maximum Gasteiger partial charge on any atom is 0.128 e. The van der Waals surface area contributed by atoms with Gasteiger partial charge in [-0.05, 0) is 49.6 Å². The minimum atomic E-state index is 0.751. The summed E-state index contributed by atoms with van der Waals surface area (Å²) in [5.41, 5.74) is 2.53. The van der Waals surface area contributed by atoms with Gasteiger partial charge in [0.2, 0.25) is 0 Å². The lowest BCUT2D eigenvalue weighted by Crippen LogP contribution is -2.18. The zero-order valence-electron chi connectivity index (χ0n) is 12.4. The molecule has 2 heteroatoms. The topological polar surface area (TPSA) is 21.3 Å². The van der Waals surface area contributed by atoms with Crippen molar-refractivity contribution in [3.63, 3.8) is 0 Å². The summed E-state index contributed by atoms with van der Waals surface area (Å²) in [5.74, 6) is 1.74. The zero-order valence-corrected chi connectivity index (χ0v) is 12.4. The molecule has 0 unspecified atom stereocenters. The van der Waals surface area contributed by atoms with Gasteiger partial charge in [-0.3, -0.25) is 0 Å². The number of para-hydroxylation sites is 1. The van der Waals surface area contributed by atoms with Gasteiger partial charge in [-0.1, -0.05) is 42.0 Å². The molecule has 21 heavy (non-hydrogen) atoms. The van der Waals surface area contributed by atoms with E-state index in [2.05, 4.69) is 30.4 Å². The van der Waals surface area contributed by atoms with Crippen molar-refractivity contribution in [3.05, 3.63) is 65.7 Å². The normalized spacial score (nSPS) is 15.0. The maximum atomic E-state index is 5.86. The van der Waals surface area contributed by atoms with E-state index >= 15 is 0 Å². The van der Waals surface area contributed by atoms with E-state index in [0.29, 0.717) is 0 Å². The van der Waals surface area contributed by atoms with E-state index in [4.69, 9.17) is 4.74 Å². The molecular weight excluding hydrogens is 258 g/mol. The first-order valence-corrected chi connectivity index (χ1v) is 7.53. The zero-order chi connectivity index (χ0) is 14.5. The Hall–Kier alpha value is -2.06. The van der Waals surface area contributed by atoms with Gasteiger partial charge in [-0.2, -0.15) is 0 Å². The highest BCUT2D eigenvalue weighted by Crippen LogP contribution is 2.23. The molecule has 0 radical (unpaired) electrons. The Morgan fingerprint density at radius 2 is 1.86 bits per heavy atom.